The number of carboxylic acids is 2. The third-order valence-electron chi connectivity index (χ3n) is 3.12. The molecule has 4 N–H and O–H groups in total. The molecular formula is C17H27N3O6. The van der Waals surface area contributed by atoms with Crippen molar-refractivity contribution in [3.8, 4) is 0 Å². The van der Waals surface area contributed by atoms with Gasteiger partial charge in [-0.15, -0.1) is 0 Å². The summed E-state index contributed by atoms with van der Waals surface area (Å²) in [6.45, 7) is 5.40. The molecule has 1 amide bonds. The highest BCUT2D eigenvalue weighted by Crippen LogP contribution is 2.03. The van der Waals surface area contributed by atoms with Gasteiger partial charge in [0.2, 0.25) is 0 Å². The largest absolute Gasteiger partial charge is 0.478 e. The van der Waals surface area contributed by atoms with Crippen LogP contribution in [0.15, 0.2) is 24.7 Å². The van der Waals surface area contributed by atoms with E-state index in [2.05, 4.69) is 29.1 Å². The Labute approximate surface area is 152 Å². The topological polar surface area (TPSA) is 142 Å². The number of nitrogens with zero attached hydrogens (tertiary/aromatic N) is 1. The molecule has 9 nitrogen and oxygen atoms in total. The van der Waals surface area contributed by atoms with Gasteiger partial charge in [0.15, 0.2) is 0 Å². The molecule has 1 unspecified atom stereocenters. The second kappa shape index (κ2) is 14.5. The first-order valence-corrected chi connectivity index (χ1v) is 8.36. The van der Waals surface area contributed by atoms with Crippen molar-refractivity contribution >= 4 is 18.0 Å². The molecule has 1 aromatic heterocycles. The van der Waals surface area contributed by atoms with Gasteiger partial charge in [-0.2, -0.15) is 0 Å². The highest BCUT2D eigenvalue weighted by molar-refractivity contribution is 5.89. The van der Waals surface area contributed by atoms with Gasteiger partial charge in [0.1, 0.15) is 0 Å². The van der Waals surface area contributed by atoms with Gasteiger partial charge in [-0.3, -0.25) is 0 Å². The summed E-state index contributed by atoms with van der Waals surface area (Å²) >= 11 is 0. The molecule has 0 spiro atoms. The molecule has 26 heavy (non-hydrogen) atoms. The van der Waals surface area contributed by atoms with Gasteiger partial charge in [-0.25, -0.2) is 19.4 Å². The van der Waals surface area contributed by atoms with E-state index < -0.39 is 11.9 Å². The van der Waals surface area contributed by atoms with Crippen molar-refractivity contribution in [2.24, 2.45) is 5.92 Å². The fourth-order valence-corrected chi connectivity index (χ4v) is 1.89. The first kappa shape index (κ1) is 23.2. The lowest BCUT2D eigenvalue weighted by molar-refractivity contribution is -0.134. The SMILES string of the molecule is CCCC(C)CNC(=O)OCCCc1cnc[nH]1.O=C(O)/C=C/C(=O)O. The van der Waals surface area contributed by atoms with Crippen LogP contribution in [0.5, 0.6) is 0 Å². The summed E-state index contributed by atoms with van der Waals surface area (Å²) in [6, 6.07) is 0. The number of ether oxygens (including phenoxy) is 1. The van der Waals surface area contributed by atoms with Gasteiger partial charge < -0.3 is 25.3 Å². The van der Waals surface area contributed by atoms with Crippen molar-refractivity contribution in [3.05, 3.63) is 30.4 Å². The number of imidazole rings is 1. The molecule has 1 atom stereocenters. The zero-order valence-corrected chi connectivity index (χ0v) is 15.1. The minimum absolute atomic E-state index is 0.317. The number of H-pyrrole nitrogens is 1. The number of carbonyl (C=O) groups is 3. The highest BCUT2D eigenvalue weighted by atomic mass is 16.5. The zero-order valence-electron chi connectivity index (χ0n) is 15.1. The molecular weight excluding hydrogens is 342 g/mol. The van der Waals surface area contributed by atoms with E-state index in [1.807, 2.05) is 0 Å². The Hall–Kier alpha value is -2.84. The van der Waals surface area contributed by atoms with Crippen LogP contribution in [0, 0.1) is 5.92 Å². The first-order valence-electron chi connectivity index (χ1n) is 8.36. The average molecular weight is 369 g/mol. The summed E-state index contributed by atoms with van der Waals surface area (Å²) in [7, 11) is 0. The zero-order chi connectivity index (χ0) is 19.8. The second-order valence-corrected chi connectivity index (χ2v) is 5.60. The lowest BCUT2D eigenvalue weighted by atomic mass is 10.1. The van der Waals surface area contributed by atoms with Crippen molar-refractivity contribution in [1.29, 1.82) is 0 Å². The minimum Gasteiger partial charge on any atom is -0.478 e. The second-order valence-electron chi connectivity index (χ2n) is 5.60. The number of aliphatic carboxylic acids is 2. The van der Waals surface area contributed by atoms with Crippen LogP contribution in [0.1, 0.15) is 38.8 Å². The predicted molar refractivity (Wildman–Crippen MR) is 94.7 cm³/mol. The van der Waals surface area contributed by atoms with Gasteiger partial charge in [0.05, 0.1) is 12.9 Å². The number of hydrogen-bond donors (Lipinski definition) is 4. The molecule has 0 aliphatic carbocycles. The van der Waals surface area contributed by atoms with Crippen LogP contribution in [-0.2, 0) is 20.7 Å². The Morgan fingerprint density at radius 3 is 2.46 bits per heavy atom. The summed E-state index contributed by atoms with van der Waals surface area (Å²) < 4.78 is 5.08. The van der Waals surface area contributed by atoms with Gasteiger partial charge >= 0.3 is 18.0 Å². The molecule has 146 valence electrons. The number of hydrogen-bond acceptors (Lipinski definition) is 5. The molecule has 0 fully saturated rings. The third-order valence-corrected chi connectivity index (χ3v) is 3.12. The van der Waals surface area contributed by atoms with E-state index in [0.717, 1.165) is 31.4 Å². The standard InChI is InChI=1S/C13H23N3O2.C4H4O4/c1-3-5-11(2)8-15-13(17)18-7-4-6-12-9-14-10-16-12;5-3(6)1-2-4(7)8/h9-11H,3-8H2,1-2H3,(H,14,16)(H,15,17);1-2H,(H,5,6)(H,7,8)/b;2-1+. The van der Waals surface area contributed by atoms with E-state index in [0.29, 0.717) is 31.2 Å². The van der Waals surface area contributed by atoms with Crippen LogP contribution in [0.4, 0.5) is 4.79 Å². The summed E-state index contributed by atoms with van der Waals surface area (Å²) in [5.41, 5.74) is 1.07. The quantitative estimate of drug-likeness (QED) is 0.366. The normalized spacial score (nSPS) is 11.3. The molecule has 1 rings (SSSR count). The highest BCUT2D eigenvalue weighted by Gasteiger charge is 2.05. The Kier molecular flexibility index (Phi) is 12.9. The van der Waals surface area contributed by atoms with Crippen molar-refractivity contribution in [1.82, 2.24) is 15.3 Å². The third kappa shape index (κ3) is 14.7. The molecule has 9 heteroatoms. The van der Waals surface area contributed by atoms with Crippen LogP contribution < -0.4 is 5.32 Å². The number of amides is 1. The monoisotopic (exact) mass is 369 g/mol. The summed E-state index contributed by atoms with van der Waals surface area (Å²) in [4.78, 5) is 37.4. The Morgan fingerprint density at radius 2 is 1.96 bits per heavy atom. The first-order chi connectivity index (χ1) is 12.3. The number of aryl methyl sites for hydroxylation is 1. The molecule has 0 radical (unpaired) electrons. The fraction of sp³-hybridized carbons (Fsp3) is 0.529. The minimum atomic E-state index is -1.26. The fourth-order valence-electron chi connectivity index (χ4n) is 1.89. The molecule has 0 saturated heterocycles. The number of aromatic amines is 1. The Balaban J connectivity index is 0.000000660. The maximum absolute atomic E-state index is 11.4. The number of rotatable bonds is 10. The van der Waals surface area contributed by atoms with Crippen LogP contribution >= 0.6 is 0 Å². The molecule has 0 aliphatic rings. The molecule has 0 aliphatic heterocycles. The molecule has 0 saturated carbocycles. The van der Waals surface area contributed by atoms with Gasteiger partial charge in [-0.05, 0) is 25.2 Å². The van der Waals surface area contributed by atoms with Crippen LogP contribution in [-0.4, -0.2) is 51.4 Å². The van der Waals surface area contributed by atoms with Crippen molar-refractivity contribution in [2.75, 3.05) is 13.2 Å². The van der Waals surface area contributed by atoms with Gasteiger partial charge in [0, 0.05) is 30.6 Å². The van der Waals surface area contributed by atoms with Gasteiger partial charge in [0.25, 0.3) is 0 Å². The van der Waals surface area contributed by atoms with E-state index in [4.69, 9.17) is 14.9 Å². The lowest BCUT2D eigenvalue weighted by Crippen LogP contribution is -2.29. The van der Waals surface area contributed by atoms with Crippen molar-refractivity contribution < 1.29 is 29.3 Å². The maximum atomic E-state index is 11.4. The van der Waals surface area contributed by atoms with Crippen molar-refractivity contribution in [3.63, 3.8) is 0 Å². The van der Waals surface area contributed by atoms with E-state index in [9.17, 15) is 14.4 Å². The summed E-state index contributed by atoms with van der Waals surface area (Å²) in [5, 5.41) is 18.4. The van der Waals surface area contributed by atoms with Gasteiger partial charge in [-0.1, -0.05) is 20.3 Å². The number of carbonyl (C=O) groups excluding carboxylic acids is 1. The molecule has 0 aromatic carbocycles. The number of nitrogens with one attached hydrogen (secondary N) is 2. The molecule has 0 bridgehead atoms. The van der Waals surface area contributed by atoms with Crippen LogP contribution in [0.25, 0.3) is 0 Å². The molecule has 1 aromatic rings. The average Bonchev–Trinajstić information content (AvgIpc) is 3.09. The lowest BCUT2D eigenvalue weighted by Gasteiger charge is -2.11. The summed E-state index contributed by atoms with van der Waals surface area (Å²) in [6.07, 6.45) is 8.15. The number of carboxylic acid groups (broad SMARTS) is 2. The van der Waals surface area contributed by atoms with E-state index in [1.54, 1.807) is 12.5 Å². The van der Waals surface area contributed by atoms with Crippen LogP contribution in [0.2, 0.25) is 0 Å². The summed E-state index contributed by atoms with van der Waals surface area (Å²) in [5.74, 6) is -2.01. The van der Waals surface area contributed by atoms with Crippen molar-refractivity contribution in [2.45, 2.75) is 39.5 Å². The van der Waals surface area contributed by atoms with E-state index in [1.165, 1.54) is 0 Å². The van der Waals surface area contributed by atoms with E-state index in [-0.39, 0.29) is 6.09 Å². The maximum Gasteiger partial charge on any atom is 0.407 e. The smallest absolute Gasteiger partial charge is 0.407 e. The predicted octanol–water partition coefficient (Wildman–Crippen LogP) is 2.22. The Morgan fingerprint density at radius 1 is 1.31 bits per heavy atom. The number of alkyl carbamates (subject to hydrolysis) is 1. The number of aromatic nitrogens is 2. The van der Waals surface area contributed by atoms with Crippen LogP contribution in [0.3, 0.4) is 0 Å². The van der Waals surface area contributed by atoms with E-state index >= 15 is 0 Å². The Bertz CT molecular complexity index is 541. The molecule has 1 heterocycles.